The fourth-order valence-electron chi connectivity index (χ4n) is 2.23. The van der Waals surface area contributed by atoms with Crippen molar-refractivity contribution in [1.82, 2.24) is 9.97 Å². The van der Waals surface area contributed by atoms with Crippen molar-refractivity contribution in [3.63, 3.8) is 0 Å². The number of ether oxygens (including phenoxy) is 1. The molecule has 2 N–H and O–H groups in total. The molecule has 1 aromatic carbocycles. The predicted molar refractivity (Wildman–Crippen MR) is 78.0 cm³/mol. The highest BCUT2D eigenvalue weighted by atomic mass is 16.5. The Morgan fingerprint density at radius 1 is 1.27 bits per heavy atom. The number of aromatic carboxylic acids is 1. The summed E-state index contributed by atoms with van der Waals surface area (Å²) in [6.45, 7) is 1.02. The van der Waals surface area contributed by atoms with Gasteiger partial charge in [-0.3, -0.25) is 0 Å². The second-order valence-electron chi connectivity index (χ2n) is 5.01. The van der Waals surface area contributed by atoms with Crippen LogP contribution in [0, 0.1) is 0 Å². The Morgan fingerprint density at radius 2 is 2.00 bits per heavy atom. The molecule has 0 unspecified atom stereocenters. The minimum Gasteiger partial charge on any atom is -0.483 e. The van der Waals surface area contributed by atoms with Crippen molar-refractivity contribution in [1.29, 1.82) is 0 Å². The number of aliphatic hydroxyl groups excluding tert-OH is 1. The molecule has 0 aliphatic carbocycles. The molecule has 7 heteroatoms. The first-order chi connectivity index (χ1) is 10.6. The first-order valence-electron chi connectivity index (χ1n) is 6.83. The maximum atomic E-state index is 11.3. The molecule has 0 bridgehead atoms. The van der Waals surface area contributed by atoms with Crippen LogP contribution in [0.25, 0.3) is 0 Å². The third-order valence-corrected chi connectivity index (χ3v) is 3.38. The van der Waals surface area contributed by atoms with E-state index in [-0.39, 0.29) is 18.1 Å². The van der Waals surface area contributed by atoms with Crippen LogP contribution in [0.4, 0.5) is 5.82 Å². The van der Waals surface area contributed by atoms with Crippen LogP contribution in [0.3, 0.4) is 0 Å². The van der Waals surface area contributed by atoms with Gasteiger partial charge in [0.1, 0.15) is 12.9 Å². The molecule has 0 spiro atoms. The Morgan fingerprint density at radius 3 is 2.64 bits per heavy atom. The topological polar surface area (TPSA) is 95.8 Å². The van der Waals surface area contributed by atoms with E-state index in [2.05, 4.69) is 9.97 Å². The van der Waals surface area contributed by atoms with Crippen LogP contribution in [0.2, 0.25) is 0 Å². The molecule has 1 aliphatic rings. The van der Waals surface area contributed by atoms with E-state index >= 15 is 0 Å². The van der Waals surface area contributed by atoms with Crippen LogP contribution in [0.1, 0.15) is 16.1 Å². The molecule has 114 valence electrons. The van der Waals surface area contributed by atoms with Gasteiger partial charge in [0.05, 0.1) is 6.10 Å². The van der Waals surface area contributed by atoms with Gasteiger partial charge in [0, 0.05) is 13.1 Å². The molecule has 0 radical (unpaired) electrons. The van der Waals surface area contributed by atoms with Gasteiger partial charge in [-0.25, -0.2) is 14.8 Å². The van der Waals surface area contributed by atoms with Crippen molar-refractivity contribution < 1.29 is 19.7 Å². The van der Waals surface area contributed by atoms with Crippen molar-refractivity contribution in [2.45, 2.75) is 12.7 Å². The maximum Gasteiger partial charge on any atom is 0.358 e. The van der Waals surface area contributed by atoms with Gasteiger partial charge in [-0.2, -0.15) is 0 Å². The number of aliphatic hydroxyl groups is 1. The number of hydrogen-bond acceptors (Lipinski definition) is 6. The fraction of sp³-hybridized carbons (Fsp3) is 0.267. The molecule has 3 rings (SSSR count). The number of rotatable bonds is 5. The monoisotopic (exact) mass is 301 g/mol. The molecule has 1 aliphatic heterocycles. The molecule has 0 amide bonds. The van der Waals surface area contributed by atoms with Crippen molar-refractivity contribution >= 4 is 11.8 Å². The third kappa shape index (κ3) is 2.84. The van der Waals surface area contributed by atoms with Crippen LogP contribution in [0.5, 0.6) is 5.75 Å². The average Bonchev–Trinajstić information content (AvgIpc) is 2.50. The highest BCUT2D eigenvalue weighted by Gasteiger charge is 2.30. The van der Waals surface area contributed by atoms with E-state index in [0.29, 0.717) is 18.9 Å². The molecule has 2 aromatic rings. The Labute approximate surface area is 126 Å². The maximum absolute atomic E-state index is 11.3. The van der Waals surface area contributed by atoms with Gasteiger partial charge >= 0.3 is 5.97 Å². The summed E-state index contributed by atoms with van der Waals surface area (Å²) in [5, 5.41) is 18.7. The number of carboxylic acids is 1. The number of carboxylic acid groups (broad SMARTS) is 1. The minimum absolute atomic E-state index is 0.130. The summed E-state index contributed by atoms with van der Waals surface area (Å²) in [7, 11) is 0. The Bertz CT molecular complexity index is 672. The van der Waals surface area contributed by atoms with E-state index in [9.17, 15) is 15.0 Å². The van der Waals surface area contributed by atoms with E-state index in [1.807, 2.05) is 30.3 Å². The number of anilines is 1. The Kier molecular flexibility index (Phi) is 3.88. The van der Waals surface area contributed by atoms with Crippen molar-refractivity contribution in [2.24, 2.45) is 0 Å². The zero-order chi connectivity index (χ0) is 15.5. The highest BCUT2D eigenvalue weighted by Crippen LogP contribution is 2.32. The summed E-state index contributed by atoms with van der Waals surface area (Å²) in [5.41, 5.74) is 0.736. The summed E-state index contributed by atoms with van der Waals surface area (Å²) >= 11 is 0. The van der Waals surface area contributed by atoms with Gasteiger partial charge in [0.2, 0.25) is 0 Å². The van der Waals surface area contributed by atoms with E-state index in [1.165, 1.54) is 6.33 Å². The van der Waals surface area contributed by atoms with Gasteiger partial charge in [0.15, 0.2) is 17.3 Å². The first kappa shape index (κ1) is 14.3. The second kappa shape index (κ2) is 5.98. The smallest absolute Gasteiger partial charge is 0.358 e. The van der Waals surface area contributed by atoms with Crippen LogP contribution in [0.15, 0.2) is 36.7 Å². The number of aromatic nitrogens is 2. The number of benzene rings is 1. The van der Waals surface area contributed by atoms with E-state index in [1.54, 1.807) is 4.90 Å². The summed E-state index contributed by atoms with van der Waals surface area (Å²) in [6, 6.07) is 9.43. The lowest BCUT2D eigenvalue weighted by Gasteiger charge is -2.37. The standard InChI is InChI=1S/C15H15N3O4/c19-11-6-18(7-11)14-13(12(15(20)21)16-9-17-14)22-8-10-4-2-1-3-5-10/h1-5,9,11,19H,6-8H2,(H,20,21). The molecular weight excluding hydrogens is 286 g/mol. The molecule has 0 atom stereocenters. The SMILES string of the molecule is O=C(O)c1ncnc(N2CC(O)C2)c1OCc1ccccc1. The quantitative estimate of drug-likeness (QED) is 0.848. The molecule has 1 fully saturated rings. The number of nitrogens with zero attached hydrogens (tertiary/aromatic N) is 3. The van der Waals surface area contributed by atoms with Gasteiger partial charge < -0.3 is 19.8 Å². The molecule has 1 aromatic heterocycles. The zero-order valence-electron chi connectivity index (χ0n) is 11.7. The van der Waals surface area contributed by atoms with E-state index < -0.39 is 12.1 Å². The normalized spacial score (nSPS) is 14.5. The van der Waals surface area contributed by atoms with Crippen LogP contribution >= 0.6 is 0 Å². The number of β-amino-alcohol motifs (C(OH)–C–C–N with tert-alkyl or cyclic N) is 1. The molecular formula is C15H15N3O4. The van der Waals surface area contributed by atoms with Gasteiger partial charge in [-0.05, 0) is 5.56 Å². The van der Waals surface area contributed by atoms with E-state index in [4.69, 9.17) is 4.74 Å². The molecule has 7 nitrogen and oxygen atoms in total. The van der Waals surface area contributed by atoms with Gasteiger partial charge in [-0.15, -0.1) is 0 Å². The van der Waals surface area contributed by atoms with Gasteiger partial charge in [0.25, 0.3) is 0 Å². The highest BCUT2D eigenvalue weighted by molar-refractivity contribution is 5.90. The van der Waals surface area contributed by atoms with Crippen molar-refractivity contribution in [3.05, 3.63) is 47.9 Å². The first-order valence-corrected chi connectivity index (χ1v) is 6.83. The van der Waals surface area contributed by atoms with Crippen LogP contribution in [-0.2, 0) is 6.61 Å². The minimum atomic E-state index is -1.17. The Hall–Kier alpha value is -2.67. The van der Waals surface area contributed by atoms with Crippen LogP contribution < -0.4 is 9.64 Å². The summed E-state index contributed by atoms with van der Waals surface area (Å²) < 4.78 is 5.68. The summed E-state index contributed by atoms with van der Waals surface area (Å²) in [6.07, 6.45) is 0.768. The average molecular weight is 301 g/mol. The lowest BCUT2D eigenvalue weighted by atomic mass is 10.1. The summed E-state index contributed by atoms with van der Waals surface area (Å²) in [5.74, 6) is -0.646. The largest absolute Gasteiger partial charge is 0.483 e. The summed E-state index contributed by atoms with van der Waals surface area (Å²) in [4.78, 5) is 21.0. The van der Waals surface area contributed by atoms with Crippen molar-refractivity contribution in [2.75, 3.05) is 18.0 Å². The molecule has 2 heterocycles. The Balaban J connectivity index is 1.87. The number of carbonyl (C=O) groups is 1. The molecule has 22 heavy (non-hydrogen) atoms. The second-order valence-corrected chi connectivity index (χ2v) is 5.01. The fourth-order valence-corrected chi connectivity index (χ4v) is 2.23. The zero-order valence-corrected chi connectivity index (χ0v) is 11.7. The third-order valence-electron chi connectivity index (χ3n) is 3.38. The van der Waals surface area contributed by atoms with Gasteiger partial charge in [-0.1, -0.05) is 30.3 Å². The molecule has 1 saturated heterocycles. The lowest BCUT2D eigenvalue weighted by Crippen LogP contribution is -2.51. The lowest BCUT2D eigenvalue weighted by molar-refractivity contribution is 0.0684. The van der Waals surface area contributed by atoms with E-state index in [0.717, 1.165) is 5.56 Å². The number of hydrogen-bond donors (Lipinski definition) is 2. The van der Waals surface area contributed by atoms with Crippen LogP contribution in [-0.4, -0.2) is 45.3 Å². The molecule has 0 saturated carbocycles. The van der Waals surface area contributed by atoms with Crippen molar-refractivity contribution in [3.8, 4) is 5.75 Å². The predicted octanol–water partition coefficient (Wildman–Crippen LogP) is 0.935.